The summed E-state index contributed by atoms with van der Waals surface area (Å²) >= 11 is 0. The molecular weight excluding hydrogens is 287 g/mol. The Balaban J connectivity index is 1.66. The molecular formula is C15H15FN4O2. The Hall–Kier alpha value is -2.54. The minimum Gasteiger partial charge on any atom is -0.378 e. The van der Waals surface area contributed by atoms with Gasteiger partial charge >= 0.3 is 0 Å². The van der Waals surface area contributed by atoms with Crippen molar-refractivity contribution in [2.75, 3.05) is 36.5 Å². The molecule has 1 amide bonds. The molecule has 2 heterocycles. The number of halogens is 1. The molecule has 22 heavy (non-hydrogen) atoms. The summed E-state index contributed by atoms with van der Waals surface area (Å²) in [5.74, 6) is -0.0991. The van der Waals surface area contributed by atoms with E-state index in [-0.39, 0.29) is 11.7 Å². The van der Waals surface area contributed by atoms with Crippen LogP contribution in [0.5, 0.6) is 0 Å². The number of anilines is 2. The van der Waals surface area contributed by atoms with Crippen molar-refractivity contribution in [2.24, 2.45) is 0 Å². The lowest BCUT2D eigenvalue weighted by molar-refractivity contribution is 0.102. The molecule has 3 rings (SSSR count). The van der Waals surface area contributed by atoms with Crippen molar-refractivity contribution in [1.82, 2.24) is 9.97 Å². The normalized spacial score (nSPS) is 14.7. The number of carbonyl (C=O) groups is 1. The van der Waals surface area contributed by atoms with E-state index in [9.17, 15) is 9.18 Å². The number of ether oxygens (including phenoxy) is 1. The molecule has 1 N–H and O–H groups in total. The number of aromatic nitrogens is 2. The van der Waals surface area contributed by atoms with Gasteiger partial charge in [0.15, 0.2) is 0 Å². The summed E-state index contributed by atoms with van der Waals surface area (Å²) in [6, 6.07) is 5.56. The molecule has 0 aliphatic carbocycles. The molecule has 0 atom stereocenters. The highest BCUT2D eigenvalue weighted by molar-refractivity contribution is 6.03. The third-order valence-corrected chi connectivity index (χ3v) is 3.30. The van der Waals surface area contributed by atoms with Gasteiger partial charge in [0.2, 0.25) is 5.95 Å². The minimum atomic E-state index is -0.351. The van der Waals surface area contributed by atoms with Crippen molar-refractivity contribution in [1.29, 1.82) is 0 Å². The molecule has 0 unspecified atom stereocenters. The second-order valence-corrected chi connectivity index (χ2v) is 4.83. The summed E-state index contributed by atoms with van der Waals surface area (Å²) in [6.45, 7) is 2.77. The highest BCUT2D eigenvalue weighted by atomic mass is 19.1. The van der Waals surface area contributed by atoms with E-state index in [2.05, 4.69) is 15.3 Å². The van der Waals surface area contributed by atoms with Crippen LogP contribution in [0.3, 0.4) is 0 Å². The average molecular weight is 302 g/mol. The van der Waals surface area contributed by atoms with Crippen molar-refractivity contribution in [3.8, 4) is 0 Å². The monoisotopic (exact) mass is 302 g/mol. The van der Waals surface area contributed by atoms with E-state index >= 15 is 0 Å². The molecule has 1 aliphatic rings. The minimum absolute atomic E-state index is 0.333. The maximum absolute atomic E-state index is 12.8. The molecule has 1 saturated heterocycles. The van der Waals surface area contributed by atoms with Gasteiger partial charge in [-0.1, -0.05) is 0 Å². The molecule has 1 aromatic heterocycles. The topological polar surface area (TPSA) is 67.4 Å². The summed E-state index contributed by atoms with van der Waals surface area (Å²) in [6.07, 6.45) is 2.97. The van der Waals surface area contributed by atoms with E-state index < -0.39 is 0 Å². The molecule has 2 aromatic rings. The number of carbonyl (C=O) groups excluding carboxylic acids is 1. The smallest absolute Gasteiger partial charge is 0.258 e. The number of nitrogens with zero attached hydrogens (tertiary/aromatic N) is 3. The van der Waals surface area contributed by atoms with Crippen LogP contribution in [0, 0.1) is 5.82 Å². The Bertz CT molecular complexity index is 640. The first-order valence-corrected chi connectivity index (χ1v) is 6.94. The zero-order valence-electron chi connectivity index (χ0n) is 11.8. The first-order valence-electron chi connectivity index (χ1n) is 6.94. The maximum atomic E-state index is 12.8. The van der Waals surface area contributed by atoms with E-state index in [1.165, 1.54) is 36.7 Å². The third-order valence-electron chi connectivity index (χ3n) is 3.30. The number of nitrogens with one attached hydrogen (secondary N) is 1. The summed E-state index contributed by atoms with van der Waals surface area (Å²) in [5, 5.41) is 2.67. The summed E-state index contributed by atoms with van der Waals surface area (Å²) < 4.78 is 18.1. The molecule has 7 heteroatoms. The number of hydrogen-bond acceptors (Lipinski definition) is 5. The van der Waals surface area contributed by atoms with E-state index in [1.54, 1.807) is 0 Å². The fourth-order valence-corrected chi connectivity index (χ4v) is 2.10. The highest BCUT2D eigenvalue weighted by Crippen LogP contribution is 2.12. The van der Waals surface area contributed by atoms with Crippen LogP contribution in [0.4, 0.5) is 16.0 Å². The Kier molecular flexibility index (Phi) is 4.24. The molecule has 0 spiro atoms. The SMILES string of the molecule is O=C(Nc1ccc(F)cc1)c1cnc(N2CCOCC2)nc1. The number of rotatable bonds is 3. The molecule has 6 nitrogen and oxygen atoms in total. The van der Waals surface area contributed by atoms with E-state index in [0.29, 0.717) is 30.4 Å². The molecule has 1 aliphatic heterocycles. The van der Waals surface area contributed by atoms with E-state index in [4.69, 9.17) is 4.74 Å². The molecule has 0 bridgehead atoms. The summed E-state index contributed by atoms with van der Waals surface area (Å²) in [5.41, 5.74) is 0.866. The van der Waals surface area contributed by atoms with Gasteiger partial charge in [-0.25, -0.2) is 14.4 Å². The van der Waals surface area contributed by atoms with Gasteiger partial charge in [0, 0.05) is 31.2 Å². The predicted molar refractivity (Wildman–Crippen MR) is 79.4 cm³/mol. The second kappa shape index (κ2) is 6.48. The Morgan fingerprint density at radius 3 is 2.41 bits per heavy atom. The average Bonchev–Trinajstić information content (AvgIpc) is 2.58. The molecule has 0 saturated carbocycles. The Labute approximate surface area is 126 Å². The van der Waals surface area contributed by atoms with Crippen molar-refractivity contribution >= 4 is 17.5 Å². The fourth-order valence-electron chi connectivity index (χ4n) is 2.10. The maximum Gasteiger partial charge on any atom is 0.258 e. The number of morpholine rings is 1. The number of benzene rings is 1. The second-order valence-electron chi connectivity index (χ2n) is 4.83. The summed E-state index contributed by atoms with van der Waals surface area (Å²) in [7, 11) is 0. The largest absolute Gasteiger partial charge is 0.378 e. The van der Waals surface area contributed by atoms with Crippen molar-refractivity contribution in [3.63, 3.8) is 0 Å². The van der Waals surface area contributed by atoms with Gasteiger partial charge in [-0.2, -0.15) is 0 Å². The van der Waals surface area contributed by atoms with Crippen LogP contribution >= 0.6 is 0 Å². The fraction of sp³-hybridized carbons (Fsp3) is 0.267. The van der Waals surface area contributed by atoms with Crippen LogP contribution in [0.1, 0.15) is 10.4 Å². The molecule has 1 aromatic carbocycles. The molecule has 114 valence electrons. The lowest BCUT2D eigenvalue weighted by Crippen LogP contribution is -2.37. The van der Waals surface area contributed by atoms with Crippen LogP contribution < -0.4 is 10.2 Å². The van der Waals surface area contributed by atoms with Gasteiger partial charge in [-0.05, 0) is 24.3 Å². The molecule has 1 fully saturated rings. The first kappa shape index (κ1) is 14.4. The quantitative estimate of drug-likeness (QED) is 0.935. The van der Waals surface area contributed by atoms with E-state index in [0.717, 1.165) is 13.1 Å². The van der Waals surface area contributed by atoms with Gasteiger partial charge in [-0.3, -0.25) is 4.79 Å². The third kappa shape index (κ3) is 3.37. The van der Waals surface area contributed by atoms with Crippen LogP contribution in [-0.4, -0.2) is 42.2 Å². The number of amides is 1. The van der Waals surface area contributed by atoms with Gasteiger partial charge in [0.05, 0.1) is 18.8 Å². The lowest BCUT2D eigenvalue weighted by atomic mass is 10.2. The van der Waals surface area contributed by atoms with Crippen LogP contribution in [-0.2, 0) is 4.74 Å². The lowest BCUT2D eigenvalue weighted by Gasteiger charge is -2.26. The van der Waals surface area contributed by atoms with Gasteiger partial charge in [0.1, 0.15) is 5.82 Å². The Morgan fingerprint density at radius 2 is 1.77 bits per heavy atom. The zero-order chi connectivity index (χ0) is 15.4. The predicted octanol–water partition coefficient (Wildman–Crippen LogP) is 1.70. The Morgan fingerprint density at radius 1 is 1.14 bits per heavy atom. The summed E-state index contributed by atoms with van der Waals surface area (Å²) in [4.78, 5) is 22.5. The molecule has 0 radical (unpaired) electrons. The number of hydrogen-bond donors (Lipinski definition) is 1. The highest BCUT2D eigenvalue weighted by Gasteiger charge is 2.14. The van der Waals surface area contributed by atoms with Gasteiger partial charge < -0.3 is 15.0 Å². The van der Waals surface area contributed by atoms with Crippen molar-refractivity contribution in [3.05, 3.63) is 48.0 Å². The first-order chi connectivity index (χ1) is 10.7. The van der Waals surface area contributed by atoms with Crippen molar-refractivity contribution < 1.29 is 13.9 Å². The van der Waals surface area contributed by atoms with Crippen LogP contribution in [0.15, 0.2) is 36.7 Å². The zero-order valence-corrected chi connectivity index (χ0v) is 11.8. The van der Waals surface area contributed by atoms with Crippen molar-refractivity contribution in [2.45, 2.75) is 0 Å². The van der Waals surface area contributed by atoms with Crippen LogP contribution in [0.2, 0.25) is 0 Å². The van der Waals surface area contributed by atoms with Crippen LogP contribution in [0.25, 0.3) is 0 Å². The van der Waals surface area contributed by atoms with Gasteiger partial charge in [0.25, 0.3) is 5.91 Å². The van der Waals surface area contributed by atoms with Gasteiger partial charge in [-0.15, -0.1) is 0 Å². The standard InChI is InChI=1S/C15H15FN4O2/c16-12-1-3-13(4-2-12)19-14(21)11-9-17-15(18-10-11)20-5-7-22-8-6-20/h1-4,9-10H,5-8H2,(H,19,21). The van der Waals surface area contributed by atoms with E-state index in [1.807, 2.05) is 4.90 Å².